The summed E-state index contributed by atoms with van der Waals surface area (Å²) in [5, 5.41) is 14.5. The smallest absolute Gasteiger partial charge is 0.303 e. The van der Waals surface area contributed by atoms with Crippen LogP contribution in [0.5, 0.6) is 0 Å². The Morgan fingerprint density at radius 3 is 2.00 bits per heavy atom. The van der Waals surface area contributed by atoms with Crippen LogP contribution in [0, 0.1) is 0 Å². The zero-order chi connectivity index (χ0) is 37.2. The van der Waals surface area contributed by atoms with E-state index in [2.05, 4.69) is 37.5 Å². The molecule has 2 heterocycles. The summed E-state index contributed by atoms with van der Waals surface area (Å²) in [5.41, 5.74) is 19.4. The molecule has 3 amide bonds. The fourth-order valence-corrected chi connectivity index (χ4v) is 5.79. The van der Waals surface area contributed by atoms with Gasteiger partial charge in [-0.25, -0.2) is 9.97 Å². The normalized spacial score (nSPS) is 12.3. The van der Waals surface area contributed by atoms with E-state index in [1.807, 2.05) is 11.9 Å². The van der Waals surface area contributed by atoms with Gasteiger partial charge in [-0.15, -0.1) is 0 Å². The second kappa shape index (κ2) is 21.2. The van der Waals surface area contributed by atoms with E-state index in [9.17, 15) is 24.3 Å². The Kier molecular flexibility index (Phi) is 16.8. The fraction of sp³-hybridized carbons (Fsp3) is 0.556. The summed E-state index contributed by atoms with van der Waals surface area (Å²) in [6.07, 6.45) is 15.4. The molecular weight excluding hydrogens is 652 g/mol. The van der Waals surface area contributed by atoms with Crippen molar-refractivity contribution in [3.8, 4) is 0 Å². The SMILES string of the molecule is CCCCCCCCCCCCCCC(NC(=O)[C@H](CCC(=O)O)NC(=O)c1ccc(N(C)Cc2cnc3nc(N)nc(N)c3n2)cc1)C(N)=O. The molecule has 2 atom stereocenters. The molecule has 0 radical (unpaired) electrons. The second-order valence-electron chi connectivity index (χ2n) is 13.0. The standard InChI is InChI=1S/C36H54N10O5/c1-3-4-5-6-7-8-9-10-11-12-13-14-15-27(32(38)49)42-35(51)28(20-21-29(47)48)43-34(50)24-16-18-26(19-17-24)46(2)23-25-22-40-33-30(41-25)31(37)44-36(39)45-33/h16-19,22,27-28H,3-15,20-21,23H2,1-2H3,(H2,38,49)(H,42,51)(H,43,50)(H,47,48)(H4,37,39,40,44,45)/t27?,28-/m0/s1. The zero-order valence-electron chi connectivity index (χ0n) is 29.9. The average molecular weight is 707 g/mol. The second-order valence-corrected chi connectivity index (χ2v) is 13.0. The van der Waals surface area contributed by atoms with Crippen molar-refractivity contribution >= 4 is 52.3 Å². The predicted octanol–water partition coefficient (Wildman–Crippen LogP) is 4.25. The monoisotopic (exact) mass is 706 g/mol. The molecule has 0 aliphatic rings. The molecule has 1 unspecified atom stereocenters. The highest BCUT2D eigenvalue weighted by Gasteiger charge is 2.26. The van der Waals surface area contributed by atoms with E-state index in [0.29, 0.717) is 36.2 Å². The van der Waals surface area contributed by atoms with Crippen LogP contribution in [0.1, 0.15) is 119 Å². The van der Waals surface area contributed by atoms with Crippen molar-refractivity contribution in [3.05, 3.63) is 41.7 Å². The Balaban J connectivity index is 1.51. The number of carboxylic acid groups (broad SMARTS) is 1. The van der Waals surface area contributed by atoms with Crippen LogP contribution in [0.15, 0.2) is 30.5 Å². The van der Waals surface area contributed by atoms with Crippen LogP contribution in [0.2, 0.25) is 0 Å². The molecule has 1 aromatic carbocycles. The summed E-state index contributed by atoms with van der Waals surface area (Å²) in [4.78, 5) is 68.5. The molecule has 0 bridgehead atoms. The van der Waals surface area contributed by atoms with Gasteiger partial charge in [-0.05, 0) is 37.1 Å². The molecule has 15 heteroatoms. The zero-order valence-corrected chi connectivity index (χ0v) is 29.9. The lowest BCUT2D eigenvalue weighted by Gasteiger charge is -2.22. The highest BCUT2D eigenvalue weighted by molar-refractivity contribution is 5.98. The van der Waals surface area contributed by atoms with E-state index in [-0.39, 0.29) is 30.2 Å². The molecule has 0 fully saturated rings. The number of rotatable bonds is 24. The van der Waals surface area contributed by atoms with Crippen molar-refractivity contribution in [2.45, 2.75) is 122 Å². The maximum atomic E-state index is 13.2. The van der Waals surface area contributed by atoms with Gasteiger partial charge in [-0.3, -0.25) is 19.2 Å². The van der Waals surface area contributed by atoms with Crippen LogP contribution in [-0.2, 0) is 20.9 Å². The van der Waals surface area contributed by atoms with Crippen LogP contribution in [-0.4, -0.2) is 67.9 Å². The lowest BCUT2D eigenvalue weighted by atomic mass is 10.0. The van der Waals surface area contributed by atoms with Gasteiger partial charge in [0.05, 0.1) is 18.4 Å². The summed E-state index contributed by atoms with van der Waals surface area (Å²) in [6.45, 7) is 2.58. The third-order valence-corrected chi connectivity index (χ3v) is 8.75. The summed E-state index contributed by atoms with van der Waals surface area (Å²) in [6, 6.07) is 4.53. The van der Waals surface area contributed by atoms with Gasteiger partial charge in [0, 0.05) is 24.7 Å². The molecule has 3 aromatic rings. The first kappa shape index (κ1) is 40.4. The predicted molar refractivity (Wildman–Crippen MR) is 197 cm³/mol. The molecule has 51 heavy (non-hydrogen) atoms. The molecular formula is C36H54N10O5. The minimum Gasteiger partial charge on any atom is -0.481 e. The highest BCUT2D eigenvalue weighted by Crippen LogP contribution is 2.19. The van der Waals surface area contributed by atoms with Gasteiger partial charge in [0.25, 0.3) is 5.91 Å². The van der Waals surface area contributed by atoms with E-state index < -0.39 is 35.8 Å². The van der Waals surface area contributed by atoms with Crippen molar-refractivity contribution in [2.24, 2.45) is 5.73 Å². The summed E-state index contributed by atoms with van der Waals surface area (Å²) in [5.74, 6) is -2.88. The van der Waals surface area contributed by atoms with E-state index in [1.165, 1.54) is 51.4 Å². The number of anilines is 3. The minimum absolute atomic E-state index is 0.0111. The van der Waals surface area contributed by atoms with Crippen LogP contribution >= 0.6 is 0 Å². The molecule has 9 N–H and O–H groups in total. The van der Waals surface area contributed by atoms with Crippen LogP contribution in [0.25, 0.3) is 11.2 Å². The average Bonchev–Trinajstić information content (AvgIpc) is 3.09. The Labute approximate surface area is 299 Å². The molecule has 2 aromatic heterocycles. The Bertz CT molecular complexity index is 1590. The molecule has 0 saturated carbocycles. The molecule has 0 aliphatic heterocycles. The van der Waals surface area contributed by atoms with E-state index in [4.69, 9.17) is 17.2 Å². The number of carbonyl (C=O) groups is 4. The van der Waals surface area contributed by atoms with Gasteiger partial charge in [0.1, 0.15) is 12.1 Å². The third-order valence-electron chi connectivity index (χ3n) is 8.75. The highest BCUT2D eigenvalue weighted by atomic mass is 16.4. The molecule has 0 aliphatic carbocycles. The summed E-state index contributed by atoms with van der Waals surface area (Å²) in [7, 11) is 1.84. The first-order chi connectivity index (χ1) is 24.5. The maximum Gasteiger partial charge on any atom is 0.303 e. The fourth-order valence-electron chi connectivity index (χ4n) is 5.79. The number of nitrogens with two attached hydrogens (primary N) is 3. The minimum atomic E-state index is -1.18. The molecule has 278 valence electrons. The van der Waals surface area contributed by atoms with Crippen molar-refractivity contribution < 1.29 is 24.3 Å². The summed E-state index contributed by atoms with van der Waals surface area (Å²) < 4.78 is 0. The van der Waals surface area contributed by atoms with Crippen LogP contribution in [0.4, 0.5) is 17.5 Å². The van der Waals surface area contributed by atoms with Crippen molar-refractivity contribution in [3.63, 3.8) is 0 Å². The summed E-state index contributed by atoms with van der Waals surface area (Å²) >= 11 is 0. The lowest BCUT2D eigenvalue weighted by molar-refractivity contribution is -0.137. The number of nitrogen functional groups attached to an aromatic ring is 2. The number of carboxylic acids is 1. The van der Waals surface area contributed by atoms with Crippen molar-refractivity contribution in [1.82, 2.24) is 30.6 Å². The van der Waals surface area contributed by atoms with Gasteiger partial charge in [-0.1, -0.05) is 84.0 Å². The van der Waals surface area contributed by atoms with Crippen LogP contribution < -0.4 is 32.7 Å². The topological polar surface area (TPSA) is 245 Å². The largest absolute Gasteiger partial charge is 0.481 e. The van der Waals surface area contributed by atoms with Gasteiger partial charge < -0.3 is 37.8 Å². The number of hydrogen-bond acceptors (Lipinski definition) is 11. The number of hydrogen-bond donors (Lipinski definition) is 6. The number of primary amides is 1. The molecule has 15 nitrogen and oxygen atoms in total. The number of carbonyl (C=O) groups excluding carboxylic acids is 3. The van der Waals surface area contributed by atoms with E-state index >= 15 is 0 Å². The molecule has 0 spiro atoms. The number of benzene rings is 1. The Morgan fingerprint density at radius 2 is 1.41 bits per heavy atom. The van der Waals surface area contributed by atoms with E-state index in [1.54, 1.807) is 30.5 Å². The quantitative estimate of drug-likeness (QED) is 0.0716. The number of aromatic nitrogens is 4. The number of unbranched alkanes of at least 4 members (excludes halogenated alkanes) is 11. The van der Waals surface area contributed by atoms with Crippen molar-refractivity contribution in [2.75, 3.05) is 23.4 Å². The third kappa shape index (κ3) is 14.0. The first-order valence-electron chi connectivity index (χ1n) is 18.0. The number of nitrogens with zero attached hydrogens (tertiary/aromatic N) is 5. The van der Waals surface area contributed by atoms with Gasteiger partial charge >= 0.3 is 5.97 Å². The van der Waals surface area contributed by atoms with E-state index in [0.717, 1.165) is 24.9 Å². The van der Waals surface area contributed by atoms with Crippen molar-refractivity contribution in [1.29, 1.82) is 0 Å². The number of fused-ring (bicyclic) bond motifs is 1. The number of nitrogens with one attached hydrogen (secondary N) is 2. The first-order valence-corrected chi connectivity index (χ1v) is 18.0. The molecule has 3 rings (SSSR count). The Hall–Kier alpha value is -5.08. The Morgan fingerprint density at radius 1 is 0.804 bits per heavy atom. The van der Waals surface area contributed by atoms with Gasteiger partial charge in [0.2, 0.25) is 17.8 Å². The number of aliphatic carboxylic acids is 1. The maximum absolute atomic E-state index is 13.2. The van der Waals surface area contributed by atoms with Gasteiger partial charge in [0.15, 0.2) is 17.0 Å². The van der Waals surface area contributed by atoms with Gasteiger partial charge in [-0.2, -0.15) is 9.97 Å². The van der Waals surface area contributed by atoms with Crippen LogP contribution in [0.3, 0.4) is 0 Å². The number of amides is 3. The molecule has 0 saturated heterocycles. The lowest BCUT2D eigenvalue weighted by Crippen LogP contribution is -2.53.